The van der Waals surface area contributed by atoms with Crippen LogP contribution in [0.2, 0.25) is 5.02 Å². The smallest absolute Gasteiger partial charge is 0.138 e. The van der Waals surface area contributed by atoms with Crippen molar-refractivity contribution >= 4 is 11.6 Å². The van der Waals surface area contributed by atoms with E-state index in [-0.39, 0.29) is 18.0 Å². The van der Waals surface area contributed by atoms with Crippen molar-refractivity contribution in [3.63, 3.8) is 0 Å². The molecule has 2 rings (SSSR count). The van der Waals surface area contributed by atoms with Crippen LogP contribution in [0.15, 0.2) is 18.2 Å². The first-order valence-corrected chi connectivity index (χ1v) is 6.94. The minimum atomic E-state index is -0.363. The van der Waals surface area contributed by atoms with Crippen LogP contribution in [0.4, 0.5) is 4.39 Å². The van der Waals surface area contributed by atoms with E-state index in [1.165, 1.54) is 12.1 Å². The first-order chi connectivity index (χ1) is 9.15. The Morgan fingerprint density at radius 2 is 2.26 bits per heavy atom. The van der Waals surface area contributed by atoms with Crippen molar-refractivity contribution in [1.82, 2.24) is 5.32 Å². The van der Waals surface area contributed by atoms with Gasteiger partial charge in [0, 0.05) is 19.1 Å². The Morgan fingerprint density at radius 1 is 1.47 bits per heavy atom. The Morgan fingerprint density at radius 3 is 2.89 bits per heavy atom. The maximum Gasteiger partial charge on any atom is 0.138 e. The summed E-state index contributed by atoms with van der Waals surface area (Å²) >= 11 is 5.96. The summed E-state index contributed by atoms with van der Waals surface area (Å²) in [6.07, 6.45) is 1.81. The number of ether oxygens (including phenoxy) is 2. The second-order valence-electron chi connectivity index (χ2n) is 4.70. The second kappa shape index (κ2) is 6.55. The lowest BCUT2D eigenvalue weighted by molar-refractivity contribution is -0.106. The summed E-state index contributed by atoms with van der Waals surface area (Å²) in [6, 6.07) is 4.46. The molecule has 3 unspecified atom stereocenters. The monoisotopic (exact) mass is 287 g/mol. The van der Waals surface area contributed by atoms with Gasteiger partial charge in [-0.1, -0.05) is 18.5 Å². The van der Waals surface area contributed by atoms with Crippen molar-refractivity contribution in [1.29, 1.82) is 0 Å². The average molecular weight is 288 g/mol. The van der Waals surface area contributed by atoms with Gasteiger partial charge in [0.1, 0.15) is 23.8 Å². The fraction of sp³-hybridized carbons (Fsp3) is 0.571. The van der Waals surface area contributed by atoms with Gasteiger partial charge in [-0.25, -0.2) is 4.39 Å². The van der Waals surface area contributed by atoms with Crippen LogP contribution >= 0.6 is 11.6 Å². The van der Waals surface area contributed by atoms with Crippen molar-refractivity contribution in [3.05, 3.63) is 29.0 Å². The second-order valence-corrected chi connectivity index (χ2v) is 5.10. The molecular weight excluding hydrogens is 269 g/mol. The van der Waals surface area contributed by atoms with Gasteiger partial charge in [-0.2, -0.15) is 0 Å². The summed E-state index contributed by atoms with van der Waals surface area (Å²) in [5.41, 5.74) is 0. The maximum absolute atomic E-state index is 13.0. The lowest BCUT2D eigenvalue weighted by atomic mass is 9.85. The van der Waals surface area contributed by atoms with Gasteiger partial charge in [-0.15, -0.1) is 0 Å². The summed E-state index contributed by atoms with van der Waals surface area (Å²) in [5.74, 6) is 0.144. The van der Waals surface area contributed by atoms with Crippen molar-refractivity contribution in [2.24, 2.45) is 0 Å². The van der Waals surface area contributed by atoms with Gasteiger partial charge in [0.2, 0.25) is 0 Å². The highest BCUT2D eigenvalue weighted by Gasteiger charge is 2.43. The molecule has 1 N–H and O–H groups in total. The molecule has 0 aromatic heterocycles. The molecule has 5 heteroatoms. The highest BCUT2D eigenvalue weighted by atomic mass is 35.5. The zero-order valence-corrected chi connectivity index (χ0v) is 11.9. The molecule has 0 bridgehead atoms. The van der Waals surface area contributed by atoms with Crippen molar-refractivity contribution in [2.75, 3.05) is 13.7 Å². The molecule has 106 valence electrons. The molecule has 0 spiro atoms. The maximum atomic E-state index is 13.0. The van der Waals surface area contributed by atoms with E-state index in [0.29, 0.717) is 23.4 Å². The quantitative estimate of drug-likeness (QED) is 0.872. The van der Waals surface area contributed by atoms with Gasteiger partial charge in [-0.05, 0) is 31.7 Å². The lowest BCUT2D eigenvalue weighted by Crippen LogP contribution is -2.60. The number of nitrogens with one attached hydrogen (secondary N) is 1. The van der Waals surface area contributed by atoms with Crippen LogP contribution in [0.1, 0.15) is 19.8 Å². The minimum Gasteiger partial charge on any atom is -0.486 e. The molecule has 0 saturated heterocycles. The van der Waals surface area contributed by atoms with Crippen LogP contribution < -0.4 is 10.1 Å². The molecule has 1 saturated carbocycles. The Bertz CT molecular complexity index is 430. The SMILES string of the molecule is CCCOC1C(NC)CC1Oc1ccc(F)cc1Cl. The van der Waals surface area contributed by atoms with E-state index >= 15 is 0 Å². The number of rotatable bonds is 6. The van der Waals surface area contributed by atoms with Crippen LogP contribution in [0.5, 0.6) is 5.75 Å². The fourth-order valence-electron chi connectivity index (χ4n) is 2.19. The van der Waals surface area contributed by atoms with Gasteiger partial charge < -0.3 is 14.8 Å². The van der Waals surface area contributed by atoms with E-state index in [2.05, 4.69) is 12.2 Å². The normalized spacial score (nSPS) is 26.0. The molecule has 0 aliphatic heterocycles. The largest absolute Gasteiger partial charge is 0.486 e. The van der Waals surface area contributed by atoms with Gasteiger partial charge in [0.05, 0.1) is 5.02 Å². The third kappa shape index (κ3) is 3.38. The molecule has 1 aromatic carbocycles. The topological polar surface area (TPSA) is 30.5 Å². The number of benzene rings is 1. The third-order valence-corrected chi connectivity index (χ3v) is 3.60. The molecule has 1 fully saturated rings. The summed E-state index contributed by atoms with van der Waals surface area (Å²) in [5, 5.41) is 3.50. The minimum absolute atomic E-state index is 0.0195. The van der Waals surface area contributed by atoms with Crippen LogP contribution in [-0.4, -0.2) is 31.9 Å². The van der Waals surface area contributed by atoms with Crippen LogP contribution in [0.3, 0.4) is 0 Å². The average Bonchev–Trinajstić information content (AvgIpc) is 2.36. The fourth-order valence-corrected chi connectivity index (χ4v) is 2.40. The Hall–Kier alpha value is -0.840. The van der Waals surface area contributed by atoms with E-state index < -0.39 is 0 Å². The number of hydrogen-bond donors (Lipinski definition) is 1. The predicted octanol–water partition coefficient (Wildman–Crippen LogP) is 3.01. The standard InChI is InChI=1S/C14H19ClFNO2/c1-3-6-18-14-11(17-2)8-13(14)19-12-5-4-9(16)7-10(12)15/h4-5,7,11,13-14,17H,3,6,8H2,1-2H3. The highest BCUT2D eigenvalue weighted by molar-refractivity contribution is 6.32. The van der Waals surface area contributed by atoms with Gasteiger partial charge >= 0.3 is 0 Å². The Kier molecular flexibility index (Phi) is 5.02. The highest BCUT2D eigenvalue weighted by Crippen LogP contribution is 2.33. The van der Waals surface area contributed by atoms with E-state index in [4.69, 9.17) is 21.1 Å². The van der Waals surface area contributed by atoms with Crippen LogP contribution in [0, 0.1) is 5.82 Å². The molecule has 0 heterocycles. The van der Waals surface area contributed by atoms with Gasteiger partial charge in [-0.3, -0.25) is 0 Å². The van der Waals surface area contributed by atoms with E-state index in [1.54, 1.807) is 6.07 Å². The van der Waals surface area contributed by atoms with Crippen molar-refractivity contribution < 1.29 is 13.9 Å². The predicted molar refractivity (Wildman–Crippen MR) is 73.3 cm³/mol. The van der Waals surface area contributed by atoms with Crippen molar-refractivity contribution in [2.45, 2.75) is 38.0 Å². The first-order valence-electron chi connectivity index (χ1n) is 6.56. The van der Waals surface area contributed by atoms with Crippen LogP contribution in [0.25, 0.3) is 0 Å². The molecule has 1 aliphatic carbocycles. The Balaban J connectivity index is 1.98. The molecular formula is C14H19ClFNO2. The molecule has 1 aliphatic rings. The zero-order chi connectivity index (χ0) is 13.8. The van der Waals surface area contributed by atoms with Crippen LogP contribution in [-0.2, 0) is 4.74 Å². The van der Waals surface area contributed by atoms with E-state index in [9.17, 15) is 4.39 Å². The number of halogens is 2. The van der Waals surface area contributed by atoms with E-state index in [1.807, 2.05) is 7.05 Å². The molecule has 3 atom stereocenters. The lowest BCUT2D eigenvalue weighted by Gasteiger charge is -2.43. The molecule has 19 heavy (non-hydrogen) atoms. The summed E-state index contributed by atoms with van der Waals surface area (Å²) in [4.78, 5) is 0. The van der Waals surface area contributed by atoms with E-state index in [0.717, 1.165) is 12.8 Å². The molecule has 3 nitrogen and oxygen atoms in total. The third-order valence-electron chi connectivity index (χ3n) is 3.31. The molecule has 0 radical (unpaired) electrons. The first kappa shape index (κ1) is 14.6. The number of hydrogen-bond acceptors (Lipinski definition) is 3. The van der Waals surface area contributed by atoms with Crippen molar-refractivity contribution in [3.8, 4) is 5.75 Å². The summed E-state index contributed by atoms with van der Waals surface area (Å²) in [6.45, 7) is 2.78. The van der Waals surface area contributed by atoms with Gasteiger partial charge in [0.25, 0.3) is 0 Å². The zero-order valence-electron chi connectivity index (χ0n) is 11.2. The Labute approximate surface area is 118 Å². The molecule has 0 amide bonds. The molecule has 1 aromatic rings. The summed E-state index contributed by atoms with van der Waals surface area (Å²) < 4.78 is 24.6. The number of likely N-dealkylation sites (N-methyl/N-ethyl adjacent to an activating group) is 1. The summed E-state index contributed by atoms with van der Waals surface area (Å²) in [7, 11) is 1.91. The van der Waals surface area contributed by atoms with Gasteiger partial charge in [0.15, 0.2) is 0 Å².